The van der Waals surface area contributed by atoms with Crippen LogP contribution in [0.1, 0.15) is 19.8 Å². The Balaban J connectivity index is 2.76. The third-order valence-electron chi connectivity index (χ3n) is 2.15. The lowest BCUT2D eigenvalue weighted by atomic mass is 10.1. The fourth-order valence-corrected chi connectivity index (χ4v) is 1.40. The number of rotatable bonds is 2. The van der Waals surface area contributed by atoms with Crippen LogP contribution >= 0.6 is 0 Å². The summed E-state index contributed by atoms with van der Waals surface area (Å²) in [7, 11) is 0. The fourth-order valence-electron chi connectivity index (χ4n) is 1.40. The molecule has 0 spiro atoms. The molecule has 1 heterocycles. The molecule has 0 fully saturated rings. The SMILES string of the molecule is CCC1CC(O)C(CO)=[N+]1O. The molecule has 11 heavy (non-hydrogen) atoms. The first-order valence-corrected chi connectivity index (χ1v) is 3.83. The molecular weight excluding hydrogens is 146 g/mol. The highest BCUT2D eigenvalue weighted by Gasteiger charge is 2.39. The first-order valence-electron chi connectivity index (χ1n) is 3.83. The average Bonchev–Trinajstić information content (AvgIpc) is 2.26. The van der Waals surface area contributed by atoms with Gasteiger partial charge in [-0.1, -0.05) is 6.92 Å². The molecule has 2 unspecified atom stereocenters. The number of nitrogens with zero attached hydrogens (tertiary/aromatic N) is 1. The second kappa shape index (κ2) is 3.19. The van der Waals surface area contributed by atoms with Crippen LogP contribution in [0.4, 0.5) is 0 Å². The van der Waals surface area contributed by atoms with E-state index in [1.165, 1.54) is 0 Å². The first kappa shape index (κ1) is 8.49. The predicted molar refractivity (Wildman–Crippen MR) is 38.8 cm³/mol. The predicted octanol–water partition coefficient (Wildman–Crippen LogP) is -0.635. The van der Waals surface area contributed by atoms with E-state index in [0.717, 1.165) is 11.2 Å². The Morgan fingerprint density at radius 2 is 2.27 bits per heavy atom. The van der Waals surface area contributed by atoms with Crippen LogP contribution in [0.15, 0.2) is 0 Å². The zero-order valence-corrected chi connectivity index (χ0v) is 6.56. The molecule has 1 rings (SSSR count). The van der Waals surface area contributed by atoms with Gasteiger partial charge in [0.15, 0.2) is 0 Å². The number of hydroxylamine groups is 1. The van der Waals surface area contributed by atoms with E-state index in [4.69, 9.17) is 5.11 Å². The number of hydrogen-bond donors (Lipinski definition) is 3. The van der Waals surface area contributed by atoms with Gasteiger partial charge in [-0.05, 0) is 4.74 Å². The number of aliphatic hydroxyl groups excluding tert-OH is 2. The van der Waals surface area contributed by atoms with Crippen molar-refractivity contribution < 1.29 is 20.2 Å². The van der Waals surface area contributed by atoms with Crippen LogP contribution in [0, 0.1) is 0 Å². The first-order chi connectivity index (χ1) is 5.20. The molecule has 2 atom stereocenters. The fraction of sp³-hybridized carbons (Fsp3) is 0.857. The molecule has 0 saturated heterocycles. The molecule has 0 aromatic rings. The Kier molecular flexibility index (Phi) is 2.46. The molecule has 0 amide bonds. The maximum absolute atomic E-state index is 9.30. The third-order valence-corrected chi connectivity index (χ3v) is 2.15. The molecule has 4 heteroatoms. The van der Waals surface area contributed by atoms with Gasteiger partial charge in [0.05, 0.1) is 0 Å². The van der Waals surface area contributed by atoms with Crippen molar-refractivity contribution in [2.75, 3.05) is 6.61 Å². The quantitative estimate of drug-likeness (QED) is 0.372. The van der Waals surface area contributed by atoms with Crippen molar-refractivity contribution in [2.45, 2.75) is 31.9 Å². The van der Waals surface area contributed by atoms with Crippen LogP contribution in [0.25, 0.3) is 0 Å². The molecule has 4 nitrogen and oxygen atoms in total. The Bertz CT molecular complexity index is 179. The van der Waals surface area contributed by atoms with E-state index >= 15 is 0 Å². The standard InChI is InChI=1S/C7H14NO3/c1-2-5-3-7(10)6(4-9)8(5)11/h5,7,9-11H,2-4H2,1H3/q+1. The van der Waals surface area contributed by atoms with Crippen LogP contribution < -0.4 is 0 Å². The Morgan fingerprint density at radius 3 is 2.55 bits per heavy atom. The van der Waals surface area contributed by atoms with Gasteiger partial charge in [0, 0.05) is 12.8 Å². The molecule has 3 N–H and O–H groups in total. The van der Waals surface area contributed by atoms with Gasteiger partial charge in [-0.25, -0.2) is 0 Å². The van der Waals surface area contributed by atoms with Gasteiger partial charge in [-0.15, -0.1) is 0 Å². The van der Waals surface area contributed by atoms with Gasteiger partial charge in [0.1, 0.15) is 12.7 Å². The molecule has 0 aromatic heterocycles. The molecule has 1 aliphatic heterocycles. The normalized spacial score (nSPS) is 31.5. The van der Waals surface area contributed by atoms with Gasteiger partial charge in [0.2, 0.25) is 6.04 Å². The summed E-state index contributed by atoms with van der Waals surface area (Å²) in [4.78, 5) is 0. The Hall–Kier alpha value is -0.610. The van der Waals surface area contributed by atoms with Crippen molar-refractivity contribution in [2.24, 2.45) is 0 Å². The van der Waals surface area contributed by atoms with Crippen molar-refractivity contribution in [3.8, 4) is 0 Å². The average molecular weight is 160 g/mol. The smallest absolute Gasteiger partial charge is 0.258 e. The van der Waals surface area contributed by atoms with Crippen molar-refractivity contribution in [1.29, 1.82) is 0 Å². The third kappa shape index (κ3) is 1.36. The van der Waals surface area contributed by atoms with E-state index in [1.54, 1.807) is 0 Å². The summed E-state index contributed by atoms with van der Waals surface area (Å²) in [5.74, 6) is 0. The molecule has 0 bridgehead atoms. The van der Waals surface area contributed by atoms with E-state index in [0.29, 0.717) is 12.1 Å². The Labute approximate surface area is 65.4 Å². The number of hydrogen-bond acceptors (Lipinski definition) is 3. The lowest BCUT2D eigenvalue weighted by Gasteiger charge is -1.97. The maximum Gasteiger partial charge on any atom is 0.258 e. The zero-order valence-electron chi connectivity index (χ0n) is 6.56. The summed E-state index contributed by atoms with van der Waals surface area (Å²) in [5.41, 5.74) is 0.317. The van der Waals surface area contributed by atoms with Crippen molar-refractivity contribution >= 4 is 5.71 Å². The van der Waals surface area contributed by atoms with E-state index in [2.05, 4.69) is 0 Å². The molecular formula is C7H14NO3+. The minimum absolute atomic E-state index is 0.0350. The van der Waals surface area contributed by atoms with Gasteiger partial charge in [-0.3, -0.25) is 5.21 Å². The minimum Gasteiger partial charge on any atom is -0.385 e. The zero-order chi connectivity index (χ0) is 8.43. The van der Waals surface area contributed by atoms with Crippen LogP contribution in [0.5, 0.6) is 0 Å². The highest BCUT2D eigenvalue weighted by Crippen LogP contribution is 2.14. The highest BCUT2D eigenvalue weighted by molar-refractivity contribution is 5.85. The van der Waals surface area contributed by atoms with E-state index in [1.807, 2.05) is 6.92 Å². The van der Waals surface area contributed by atoms with Gasteiger partial charge in [0.25, 0.3) is 5.71 Å². The second-order valence-corrected chi connectivity index (χ2v) is 2.81. The van der Waals surface area contributed by atoms with Crippen molar-refractivity contribution in [3.05, 3.63) is 0 Å². The summed E-state index contributed by atoms with van der Waals surface area (Å²) < 4.78 is 0.991. The molecule has 1 aliphatic rings. The topological polar surface area (TPSA) is 63.7 Å². The second-order valence-electron chi connectivity index (χ2n) is 2.81. The van der Waals surface area contributed by atoms with Crippen LogP contribution in [-0.4, -0.2) is 44.6 Å². The maximum atomic E-state index is 9.30. The molecule has 64 valence electrons. The van der Waals surface area contributed by atoms with Gasteiger partial charge >= 0.3 is 0 Å². The molecule has 0 aliphatic carbocycles. The largest absolute Gasteiger partial charge is 0.385 e. The van der Waals surface area contributed by atoms with Crippen molar-refractivity contribution in [3.63, 3.8) is 0 Å². The molecule has 0 radical (unpaired) electrons. The van der Waals surface area contributed by atoms with Crippen LogP contribution in [0.2, 0.25) is 0 Å². The Morgan fingerprint density at radius 1 is 1.64 bits per heavy atom. The monoisotopic (exact) mass is 160 g/mol. The van der Waals surface area contributed by atoms with Crippen LogP contribution in [0.3, 0.4) is 0 Å². The highest BCUT2D eigenvalue weighted by atomic mass is 16.5. The molecule has 0 aromatic carbocycles. The lowest BCUT2D eigenvalue weighted by molar-refractivity contribution is -0.795. The minimum atomic E-state index is -0.671. The van der Waals surface area contributed by atoms with Gasteiger partial charge in [-0.2, -0.15) is 0 Å². The summed E-state index contributed by atoms with van der Waals surface area (Å²) in [5, 5.41) is 27.3. The van der Waals surface area contributed by atoms with Crippen molar-refractivity contribution in [1.82, 2.24) is 0 Å². The summed E-state index contributed by atoms with van der Waals surface area (Å²) >= 11 is 0. The van der Waals surface area contributed by atoms with Gasteiger partial charge < -0.3 is 10.2 Å². The molecule has 0 saturated carbocycles. The van der Waals surface area contributed by atoms with Crippen LogP contribution in [-0.2, 0) is 0 Å². The van der Waals surface area contributed by atoms with E-state index in [-0.39, 0.29) is 12.6 Å². The summed E-state index contributed by atoms with van der Waals surface area (Å²) in [6.45, 7) is 1.66. The summed E-state index contributed by atoms with van der Waals surface area (Å²) in [6, 6.07) is -0.0350. The van der Waals surface area contributed by atoms with E-state index < -0.39 is 6.10 Å². The lowest BCUT2D eigenvalue weighted by Crippen LogP contribution is -2.25. The summed E-state index contributed by atoms with van der Waals surface area (Å²) in [6.07, 6.45) is 0.620. The van der Waals surface area contributed by atoms with E-state index in [9.17, 15) is 10.3 Å². The number of aliphatic hydroxyl groups is 2.